The van der Waals surface area contributed by atoms with E-state index in [0.29, 0.717) is 0 Å². The van der Waals surface area contributed by atoms with Crippen LogP contribution < -0.4 is 5.73 Å². The number of hydrogen-bond donors (Lipinski definition) is 1. The van der Waals surface area contributed by atoms with E-state index in [2.05, 4.69) is 4.98 Å². The van der Waals surface area contributed by atoms with Gasteiger partial charge in [-0.25, -0.2) is 0 Å². The van der Waals surface area contributed by atoms with Crippen molar-refractivity contribution in [2.24, 2.45) is 5.73 Å². The van der Waals surface area contributed by atoms with Gasteiger partial charge in [0, 0.05) is 19.0 Å². The highest BCUT2D eigenvalue weighted by atomic mass is 16.5. The quantitative estimate of drug-likeness (QED) is 0.896. The summed E-state index contributed by atoms with van der Waals surface area (Å²) in [5, 5.41) is 0. The zero-order valence-electron chi connectivity index (χ0n) is 10.7. The van der Waals surface area contributed by atoms with E-state index < -0.39 is 0 Å². The summed E-state index contributed by atoms with van der Waals surface area (Å²) in [4.78, 5) is 4.28. The van der Waals surface area contributed by atoms with E-state index in [1.54, 1.807) is 7.11 Å². The number of pyridine rings is 1. The van der Waals surface area contributed by atoms with Gasteiger partial charge in [0.15, 0.2) is 0 Å². The first-order valence-electron chi connectivity index (χ1n) is 5.98. The number of ether oxygens (including phenoxy) is 1. The van der Waals surface area contributed by atoms with Crippen molar-refractivity contribution in [3.63, 3.8) is 0 Å². The van der Waals surface area contributed by atoms with Crippen molar-refractivity contribution >= 4 is 0 Å². The van der Waals surface area contributed by atoms with Crippen LogP contribution in [0.25, 0.3) is 0 Å². The highest BCUT2D eigenvalue weighted by molar-refractivity contribution is 5.25. The minimum Gasteiger partial charge on any atom is -0.375 e. The number of rotatable bonds is 4. The lowest BCUT2D eigenvalue weighted by Crippen LogP contribution is -2.21. The summed E-state index contributed by atoms with van der Waals surface area (Å²) in [6.45, 7) is 1.96. The first-order valence-corrected chi connectivity index (χ1v) is 5.98. The van der Waals surface area contributed by atoms with Crippen LogP contribution in [0.2, 0.25) is 0 Å². The van der Waals surface area contributed by atoms with Gasteiger partial charge >= 0.3 is 0 Å². The third kappa shape index (κ3) is 2.75. The Hall–Kier alpha value is -1.71. The smallest absolute Gasteiger partial charge is 0.101 e. The van der Waals surface area contributed by atoms with E-state index in [1.807, 2.05) is 55.6 Å². The van der Waals surface area contributed by atoms with Crippen molar-refractivity contribution < 1.29 is 4.74 Å². The Labute approximate surface area is 108 Å². The predicted molar refractivity (Wildman–Crippen MR) is 72.1 cm³/mol. The number of nitrogens with two attached hydrogens (primary N) is 1. The maximum Gasteiger partial charge on any atom is 0.101 e. The Bertz CT molecular complexity index is 482. The van der Waals surface area contributed by atoms with E-state index in [1.165, 1.54) is 0 Å². The lowest BCUT2D eigenvalue weighted by Gasteiger charge is -2.23. The van der Waals surface area contributed by atoms with Crippen LogP contribution in [0.1, 0.15) is 29.0 Å². The van der Waals surface area contributed by atoms with Gasteiger partial charge in [0.1, 0.15) is 6.10 Å². The molecule has 0 amide bonds. The van der Waals surface area contributed by atoms with E-state index in [0.717, 1.165) is 16.8 Å². The normalized spacial score (nSPS) is 14.2. The maximum atomic E-state index is 6.27. The topological polar surface area (TPSA) is 48.1 Å². The van der Waals surface area contributed by atoms with Crippen molar-refractivity contribution in [3.05, 3.63) is 65.5 Å². The molecule has 0 aliphatic heterocycles. The van der Waals surface area contributed by atoms with Crippen molar-refractivity contribution in [1.82, 2.24) is 4.98 Å². The summed E-state index contributed by atoms with van der Waals surface area (Å²) in [5.41, 5.74) is 9.31. The first-order chi connectivity index (χ1) is 8.72. The molecule has 0 aliphatic carbocycles. The second-order valence-corrected chi connectivity index (χ2v) is 4.33. The first kappa shape index (κ1) is 12.7. The average molecular weight is 242 g/mol. The zero-order chi connectivity index (χ0) is 13.0. The Morgan fingerprint density at radius 1 is 1.06 bits per heavy atom. The zero-order valence-corrected chi connectivity index (χ0v) is 10.7. The molecule has 3 heteroatoms. The molecule has 2 unspecified atom stereocenters. The minimum absolute atomic E-state index is 0.157. The van der Waals surface area contributed by atoms with Gasteiger partial charge in [-0.1, -0.05) is 36.4 Å². The third-order valence-corrected chi connectivity index (χ3v) is 3.03. The van der Waals surface area contributed by atoms with Crippen LogP contribution in [0.4, 0.5) is 0 Å². The van der Waals surface area contributed by atoms with E-state index in [4.69, 9.17) is 10.5 Å². The van der Waals surface area contributed by atoms with Crippen molar-refractivity contribution in [1.29, 1.82) is 0 Å². The van der Waals surface area contributed by atoms with E-state index >= 15 is 0 Å². The van der Waals surface area contributed by atoms with Crippen molar-refractivity contribution in [3.8, 4) is 0 Å². The molecule has 2 rings (SSSR count). The van der Waals surface area contributed by atoms with Gasteiger partial charge in [-0.2, -0.15) is 0 Å². The van der Waals surface area contributed by atoms with Crippen molar-refractivity contribution in [2.45, 2.75) is 19.1 Å². The molecular weight excluding hydrogens is 224 g/mol. The average Bonchev–Trinajstić information content (AvgIpc) is 2.41. The second-order valence-electron chi connectivity index (χ2n) is 4.33. The number of nitrogens with zero attached hydrogens (tertiary/aromatic N) is 1. The summed E-state index contributed by atoms with van der Waals surface area (Å²) in [7, 11) is 1.68. The van der Waals surface area contributed by atoms with Crippen LogP contribution in [0.5, 0.6) is 0 Å². The maximum absolute atomic E-state index is 6.27. The Morgan fingerprint density at radius 3 is 2.33 bits per heavy atom. The largest absolute Gasteiger partial charge is 0.375 e. The standard InChI is InChI=1S/C15H18N2O/c1-11-8-9-13(10-17-11)14(16)15(18-2)12-6-4-3-5-7-12/h3-10,14-15H,16H2,1-2H3. The van der Waals surface area contributed by atoms with Gasteiger partial charge in [-0.05, 0) is 24.1 Å². The third-order valence-electron chi connectivity index (χ3n) is 3.03. The molecule has 1 aromatic carbocycles. The van der Waals surface area contributed by atoms with Gasteiger partial charge in [-0.15, -0.1) is 0 Å². The summed E-state index contributed by atoms with van der Waals surface area (Å²) in [6.07, 6.45) is 1.66. The van der Waals surface area contributed by atoms with E-state index in [-0.39, 0.29) is 12.1 Å². The molecule has 0 radical (unpaired) electrons. The van der Waals surface area contributed by atoms with Gasteiger partial charge in [0.05, 0.1) is 6.04 Å². The molecule has 1 heterocycles. The number of aromatic nitrogens is 1. The Balaban J connectivity index is 2.25. The molecule has 2 atom stereocenters. The summed E-state index contributed by atoms with van der Waals surface area (Å²) in [5.74, 6) is 0. The fraction of sp³-hybridized carbons (Fsp3) is 0.267. The number of methoxy groups -OCH3 is 1. The number of hydrogen-bond acceptors (Lipinski definition) is 3. The molecule has 3 nitrogen and oxygen atoms in total. The lowest BCUT2D eigenvalue weighted by atomic mass is 9.97. The SMILES string of the molecule is COC(c1ccccc1)C(N)c1ccc(C)nc1. The van der Waals surface area contributed by atoms with Crippen molar-refractivity contribution in [2.75, 3.05) is 7.11 Å². The fourth-order valence-corrected chi connectivity index (χ4v) is 1.98. The molecule has 2 aromatic rings. The van der Waals surface area contributed by atoms with Crippen LogP contribution in [0, 0.1) is 6.92 Å². The molecule has 0 spiro atoms. The summed E-state index contributed by atoms with van der Waals surface area (Å²) in [6, 6.07) is 13.8. The molecule has 2 N–H and O–H groups in total. The highest BCUT2D eigenvalue weighted by Gasteiger charge is 2.20. The number of aryl methyl sites for hydroxylation is 1. The van der Waals surface area contributed by atoms with Gasteiger partial charge < -0.3 is 10.5 Å². The molecule has 0 aliphatic rings. The molecule has 0 fully saturated rings. The Morgan fingerprint density at radius 2 is 1.78 bits per heavy atom. The van der Waals surface area contributed by atoms with Crippen LogP contribution in [0.3, 0.4) is 0 Å². The summed E-state index contributed by atoms with van der Waals surface area (Å²) < 4.78 is 5.53. The van der Waals surface area contributed by atoms with Crippen LogP contribution in [-0.4, -0.2) is 12.1 Å². The fourth-order valence-electron chi connectivity index (χ4n) is 1.98. The lowest BCUT2D eigenvalue weighted by molar-refractivity contribution is 0.0801. The van der Waals surface area contributed by atoms with Gasteiger partial charge in [0.2, 0.25) is 0 Å². The van der Waals surface area contributed by atoms with Crippen LogP contribution >= 0.6 is 0 Å². The van der Waals surface area contributed by atoms with Crippen LogP contribution in [-0.2, 0) is 4.74 Å². The van der Waals surface area contributed by atoms with E-state index in [9.17, 15) is 0 Å². The van der Waals surface area contributed by atoms with Gasteiger partial charge in [-0.3, -0.25) is 4.98 Å². The molecule has 1 aromatic heterocycles. The molecule has 0 saturated heterocycles. The molecule has 94 valence electrons. The molecule has 0 saturated carbocycles. The molecule has 18 heavy (non-hydrogen) atoms. The second kappa shape index (κ2) is 5.76. The molecule has 0 bridgehead atoms. The highest BCUT2D eigenvalue weighted by Crippen LogP contribution is 2.29. The molecular formula is C15H18N2O. The monoisotopic (exact) mass is 242 g/mol. The van der Waals surface area contributed by atoms with Gasteiger partial charge in [0.25, 0.3) is 0 Å². The van der Waals surface area contributed by atoms with Crippen LogP contribution in [0.15, 0.2) is 48.7 Å². The minimum atomic E-state index is -0.217. The Kier molecular flexibility index (Phi) is 4.07. The predicted octanol–water partition coefficient (Wildman–Crippen LogP) is 2.78. The number of benzene rings is 1. The summed E-state index contributed by atoms with van der Waals surface area (Å²) >= 11 is 0.